The van der Waals surface area contributed by atoms with E-state index in [0.717, 1.165) is 24.8 Å². The van der Waals surface area contributed by atoms with E-state index in [-0.39, 0.29) is 48.3 Å². The maximum atomic E-state index is 13.3. The van der Waals surface area contributed by atoms with Crippen molar-refractivity contribution >= 4 is 17.9 Å². The number of fused-ring (bicyclic) bond motifs is 1. The van der Waals surface area contributed by atoms with Crippen molar-refractivity contribution in [1.82, 2.24) is 14.8 Å². The van der Waals surface area contributed by atoms with E-state index in [1.54, 1.807) is 22.1 Å². The number of amides is 2. The molecule has 0 unspecified atom stereocenters. The van der Waals surface area contributed by atoms with Gasteiger partial charge in [0.15, 0.2) is 0 Å². The first kappa shape index (κ1) is 22.3. The van der Waals surface area contributed by atoms with Gasteiger partial charge in [-0.3, -0.25) is 9.59 Å². The monoisotopic (exact) mass is 415 g/mol. The van der Waals surface area contributed by atoms with Gasteiger partial charge in [0.25, 0.3) is 5.91 Å². The van der Waals surface area contributed by atoms with E-state index in [9.17, 15) is 14.7 Å². The first-order valence-electron chi connectivity index (χ1n) is 10.8. The summed E-state index contributed by atoms with van der Waals surface area (Å²) in [6.45, 7) is 6.49. The van der Waals surface area contributed by atoms with Crippen molar-refractivity contribution in [1.29, 1.82) is 0 Å². The Balaban J connectivity index is 1.91. The first-order valence-corrected chi connectivity index (χ1v) is 10.8. The van der Waals surface area contributed by atoms with Crippen LogP contribution in [0.25, 0.3) is 6.08 Å². The number of aromatic nitrogens is 1. The van der Waals surface area contributed by atoms with Crippen LogP contribution in [0.4, 0.5) is 0 Å². The van der Waals surface area contributed by atoms with Crippen LogP contribution in [0.15, 0.2) is 18.3 Å². The quantitative estimate of drug-likeness (QED) is 0.772. The van der Waals surface area contributed by atoms with Crippen LogP contribution in [0.2, 0.25) is 0 Å². The molecule has 3 atom stereocenters. The number of aliphatic hydroxyl groups excluding tert-OH is 1. The molecule has 0 aromatic carbocycles. The Kier molecular flexibility index (Phi) is 7.13. The highest BCUT2D eigenvalue weighted by Crippen LogP contribution is 2.30. The minimum atomic E-state index is -0.328. The van der Waals surface area contributed by atoms with Gasteiger partial charge in [0, 0.05) is 31.6 Å². The molecule has 1 N–H and O–H groups in total. The second-order valence-electron chi connectivity index (χ2n) is 8.59. The SMILES string of the molecule is C/C=C/c1cnc2c(c1)C(=O)N([C@H](C)CO)C[C@H](C)[C@@H](CN(C)C(=O)C1CCC1)O2. The number of likely N-dealkylation sites (N-methyl/N-ethyl adjacent to an activating group) is 1. The summed E-state index contributed by atoms with van der Waals surface area (Å²) in [5.74, 6) is 0.330. The number of nitrogens with zero attached hydrogens (tertiary/aromatic N) is 3. The number of rotatable bonds is 6. The van der Waals surface area contributed by atoms with E-state index >= 15 is 0 Å². The van der Waals surface area contributed by atoms with Crippen molar-refractivity contribution < 1.29 is 19.4 Å². The Morgan fingerprint density at radius 3 is 2.80 bits per heavy atom. The van der Waals surface area contributed by atoms with Crippen LogP contribution in [0.1, 0.15) is 56.0 Å². The van der Waals surface area contributed by atoms with E-state index < -0.39 is 0 Å². The Labute approximate surface area is 178 Å². The summed E-state index contributed by atoms with van der Waals surface area (Å²) >= 11 is 0. The smallest absolute Gasteiger partial charge is 0.259 e. The topological polar surface area (TPSA) is 83.0 Å². The zero-order chi connectivity index (χ0) is 21.8. The average molecular weight is 416 g/mol. The summed E-state index contributed by atoms with van der Waals surface area (Å²) in [6.07, 6.45) is 8.17. The van der Waals surface area contributed by atoms with E-state index in [4.69, 9.17) is 4.74 Å². The number of ether oxygens (including phenoxy) is 1. The Morgan fingerprint density at radius 1 is 1.47 bits per heavy atom. The third-order valence-electron chi connectivity index (χ3n) is 6.19. The maximum absolute atomic E-state index is 13.3. The van der Waals surface area contributed by atoms with E-state index in [1.807, 2.05) is 40.0 Å². The van der Waals surface area contributed by atoms with Crippen molar-refractivity contribution in [3.8, 4) is 5.88 Å². The average Bonchev–Trinajstić information content (AvgIpc) is 2.69. The largest absolute Gasteiger partial charge is 0.472 e. The minimum Gasteiger partial charge on any atom is -0.472 e. The van der Waals surface area contributed by atoms with Gasteiger partial charge in [-0.25, -0.2) is 4.98 Å². The number of aliphatic hydroxyl groups is 1. The minimum absolute atomic E-state index is 0.0373. The van der Waals surface area contributed by atoms with Crippen LogP contribution >= 0.6 is 0 Å². The molecule has 0 saturated heterocycles. The Morgan fingerprint density at radius 2 is 2.20 bits per heavy atom. The van der Waals surface area contributed by atoms with Gasteiger partial charge in [0.05, 0.1) is 19.2 Å². The van der Waals surface area contributed by atoms with Gasteiger partial charge in [0.1, 0.15) is 11.7 Å². The number of hydrogen-bond donors (Lipinski definition) is 1. The molecule has 0 bridgehead atoms. The number of hydrogen-bond acceptors (Lipinski definition) is 5. The van der Waals surface area contributed by atoms with Crippen LogP contribution < -0.4 is 4.74 Å². The lowest BCUT2D eigenvalue weighted by Crippen LogP contribution is -2.51. The summed E-state index contributed by atoms with van der Waals surface area (Å²) in [5, 5.41) is 9.71. The normalized spacial score (nSPS) is 23.2. The van der Waals surface area contributed by atoms with Crippen LogP contribution in [-0.4, -0.2) is 70.6 Å². The molecule has 30 heavy (non-hydrogen) atoms. The molecule has 2 heterocycles. The Hall–Kier alpha value is -2.41. The second kappa shape index (κ2) is 9.60. The standard InChI is InChI=1S/C23H33N3O4/c1-5-7-17-10-19-21(24-11-17)30-20(13-25(4)22(28)18-8-6-9-18)15(2)12-26(23(19)29)16(3)14-27/h5,7,10-11,15-16,18,20,27H,6,8-9,12-14H2,1-4H3/b7-5+/t15-,16+,20+/m0/s1. The number of pyridine rings is 1. The fourth-order valence-corrected chi connectivity index (χ4v) is 3.95. The number of carbonyl (C=O) groups excluding carboxylic acids is 2. The summed E-state index contributed by atoms with van der Waals surface area (Å²) < 4.78 is 6.23. The molecule has 1 aromatic heterocycles. The third kappa shape index (κ3) is 4.67. The van der Waals surface area contributed by atoms with Gasteiger partial charge in [-0.1, -0.05) is 25.5 Å². The molecule has 7 heteroatoms. The molecule has 7 nitrogen and oxygen atoms in total. The fourth-order valence-electron chi connectivity index (χ4n) is 3.95. The van der Waals surface area contributed by atoms with Gasteiger partial charge >= 0.3 is 0 Å². The molecule has 0 spiro atoms. The molecule has 1 aliphatic carbocycles. The fraction of sp³-hybridized carbons (Fsp3) is 0.609. The first-order chi connectivity index (χ1) is 14.3. The maximum Gasteiger partial charge on any atom is 0.259 e. The van der Waals surface area contributed by atoms with Gasteiger partial charge in [-0.15, -0.1) is 0 Å². The van der Waals surface area contributed by atoms with E-state index in [2.05, 4.69) is 4.98 Å². The Bertz CT molecular complexity index is 806. The molecule has 1 aromatic rings. The highest BCUT2D eigenvalue weighted by atomic mass is 16.5. The molecule has 1 aliphatic heterocycles. The molecule has 1 saturated carbocycles. The van der Waals surface area contributed by atoms with Crippen LogP contribution in [0.3, 0.4) is 0 Å². The highest BCUT2D eigenvalue weighted by molar-refractivity contribution is 5.97. The van der Waals surface area contributed by atoms with Crippen LogP contribution in [0, 0.1) is 11.8 Å². The third-order valence-corrected chi connectivity index (χ3v) is 6.19. The molecule has 1 fully saturated rings. The van der Waals surface area contributed by atoms with Gasteiger partial charge in [-0.05, 0) is 38.3 Å². The molecule has 2 aliphatic rings. The molecule has 164 valence electrons. The zero-order valence-corrected chi connectivity index (χ0v) is 18.4. The zero-order valence-electron chi connectivity index (χ0n) is 18.4. The van der Waals surface area contributed by atoms with Crippen molar-refractivity contribution in [3.63, 3.8) is 0 Å². The summed E-state index contributed by atoms with van der Waals surface area (Å²) in [4.78, 5) is 33.8. The van der Waals surface area contributed by atoms with Crippen molar-refractivity contribution in [2.45, 2.75) is 52.2 Å². The number of carbonyl (C=O) groups is 2. The van der Waals surface area contributed by atoms with Crippen molar-refractivity contribution in [3.05, 3.63) is 29.5 Å². The lowest BCUT2D eigenvalue weighted by Gasteiger charge is -2.38. The van der Waals surface area contributed by atoms with Crippen LogP contribution in [0.5, 0.6) is 5.88 Å². The van der Waals surface area contributed by atoms with Gasteiger partial charge < -0.3 is 19.6 Å². The summed E-state index contributed by atoms with van der Waals surface area (Å²) in [7, 11) is 1.82. The summed E-state index contributed by atoms with van der Waals surface area (Å²) in [6, 6.07) is 1.45. The number of allylic oxidation sites excluding steroid dienone is 1. The lowest BCUT2D eigenvalue weighted by molar-refractivity contribution is -0.138. The van der Waals surface area contributed by atoms with Gasteiger partial charge in [0.2, 0.25) is 11.8 Å². The molecular weight excluding hydrogens is 382 g/mol. The van der Waals surface area contributed by atoms with E-state index in [0.29, 0.717) is 18.7 Å². The molecular formula is C23H33N3O4. The second-order valence-corrected chi connectivity index (χ2v) is 8.59. The summed E-state index contributed by atoms with van der Waals surface area (Å²) in [5.41, 5.74) is 1.20. The molecule has 0 radical (unpaired) electrons. The van der Waals surface area contributed by atoms with Crippen molar-refractivity contribution in [2.24, 2.45) is 11.8 Å². The van der Waals surface area contributed by atoms with Crippen molar-refractivity contribution in [2.75, 3.05) is 26.7 Å². The van der Waals surface area contributed by atoms with Gasteiger partial charge in [-0.2, -0.15) is 0 Å². The van der Waals surface area contributed by atoms with E-state index in [1.165, 1.54) is 0 Å². The van der Waals surface area contributed by atoms with Crippen LogP contribution in [-0.2, 0) is 4.79 Å². The highest BCUT2D eigenvalue weighted by Gasteiger charge is 2.36. The molecule has 3 rings (SSSR count). The predicted octanol–water partition coefficient (Wildman–Crippen LogP) is 2.59. The molecule has 2 amide bonds. The predicted molar refractivity (Wildman–Crippen MR) is 115 cm³/mol. The lowest BCUT2D eigenvalue weighted by atomic mass is 9.84.